The van der Waals surface area contributed by atoms with Gasteiger partial charge in [0.05, 0.1) is 6.04 Å². The molecular formula is C21H37N7O9S. The molecule has 0 aliphatic rings. The van der Waals surface area contributed by atoms with Gasteiger partial charge in [0.25, 0.3) is 0 Å². The Morgan fingerprint density at radius 3 is 1.76 bits per heavy atom. The highest BCUT2D eigenvalue weighted by Crippen LogP contribution is 2.07. The summed E-state index contributed by atoms with van der Waals surface area (Å²) >= 11 is 1.37. The van der Waals surface area contributed by atoms with Crippen LogP contribution in [-0.4, -0.2) is 99.6 Å². The van der Waals surface area contributed by atoms with Crippen molar-refractivity contribution < 1.29 is 44.1 Å². The maximum Gasteiger partial charge on any atom is 0.326 e. The van der Waals surface area contributed by atoms with Crippen LogP contribution < -0.4 is 33.2 Å². The molecule has 16 nitrogen and oxygen atoms in total. The van der Waals surface area contributed by atoms with E-state index in [1.54, 1.807) is 6.26 Å². The normalized spacial score (nSPS) is 13.7. The van der Waals surface area contributed by atoms with Crippen LogP contribution in [0.4, 0.5) is 0 Å². The van der Waals surface area contributed by atoms with Crippen molar-refractivity contribution in [2.75, 3.05) is 18.6 Å². The summed E-state index contributed by atoms with van der Waals surface area (Å²) in [6.07, 6.45) is 0.682. The molecule has 38 heavy (non-hydrogen) atoms. The molecule has 3 amide bonds. The van der Waals surface area contributed by atoms with Crippen molar-refractivity contribution >= 4 is 53.4 Å². The molecule has 0 fully saturated rings. The van der Waals surface area contributed by atoms with Gasteiger partial charge in [-0.25, -0.2) is 4.79 Å². The van der Waals surface area contributed by atoms with Crippen molar-refractivity contribution in [2.24, 2.45) is 22.2 Å². The molecule has 216 valence electrons. The fraction of sp³-hybridized carbons (Fsp3) is 0.667. The first-order valence-corrected chi connectivity index (χ1v) is 13.0. The number of hydrogen-bond acceptors (Lipinski definition) is 9. The van der Waals surface area contributed by atoms with Gasteiger partial charge in [0.2, 0.25) is 17.7 Å². The van der Waals surface area contributed by atoms with Crippen molar-refractivity contribution in [1.82, 2.24) is 16.0 Å². The monoisotopic (exact) mass is 563 g/mol. The molecule has 0 heterocycles. The molecule has 17 heteroatoms. The Morgan fingerprint density at radius 2 is 1.26 bits per heavy atom. The number of amides is 3. The van der Waals surface area contributed by atoms with Crippen molar-refractivity contribution in [2.45, 2.75) is 69.1 Å². The number of carboxylic acids is 3. The van der Waals surface area contributed by atoms with Crippen LogP contribution >= 0.6 is 11.8 Å². The number of aliphatic imine (C=N–C) groups is 1. The first-order chi connectivity index (χ1) is 17.8. The van der Waals surface area contributed by atoms with Crippen LogP contribution in [0.25, 0.3) is 0 Å². The second-order valence-corrected chi connectivity index (χ2v) is 9.21. The summed E-state index contributed by atoms with van der Waals surface area (Å²) < 4.78 is 0. The fourth-order valence-electron chi connectivity index (χ4n) is 3.04. The molecule has 4 atom stereocenters. The van der Waals surface area contributed by atoms with E-state index >= 15 is 0 Å². The highest BCUT2D eigenvalue weighted by Gasteiger charge is 2.30. The summed E-state index contributed by atoms with van der Waals surface area (Å²) in [5.41, 5.74) is 16.1. The highest BCUT2D eigenvalue weighted by atomic mass is 32.2. The van der Waals surface area contributed by atoms with Gasteiger partial charge in [-0.3, -0.25) is 29.0 Å². The Morgan fingerprint density at radius 1 is 0.763 bits per heavy atom. The lowest BCUT2D eigenvalue weighted by atomic mass is 10.1. The molecule has 0 bridgehead atoms. The molecule has 0 rings (SSSR count). The standard InChI is InChI=1S/C21H37N7O9S/c1-38-10-8-13(19(35)28-14(20(36)37)3-2-9-25-21(23)24)27-18(34)12(5-7-16(31)32)26-17(33)11(22)4-6-15(29)30/h11-14H,2-10,22H2,1H3,(H,26,33)(H,27,34)(H,28,35)(H,29,30)(H,31,32)(H,36,37)(H4,23,24,25). The average molecular weight is 564 g/mol. The van der Waals surface area contributed by atoms with Gasteiger partial charge in [0, 0.05) is 19.4 Å². The fourth-order valence-corrected chi connectivity index (χ4v) is 3.51. The number of carbonyl (C=O) groups is 6. The van der Waals surface area contributed by atoms with Crippen LogP contribution in [0.15, 0.2) is 4.99 Å². The van der Waals surface area contributed by atoms with E-state index in [9.17, 15) is 33.9 Å². The number of guanidine groups is 1. The Labute approximate surface area is 223 Å². The quantitative estimate of drug-likeness (QED) is 0.0417. The number of aliphatic carboxylic acids is 3. The van der Waals surface area contributed by atoms with E-state index in [0.717, 1.165) is 0 Å². The summed E-state index contributed by atoms with van der Waals surface area (Å²) in [4.78, 5) is 75.3. The van der Waals surface area contributed by atoms with Crippen LogP contribution in [-0.2, 0) is 28.8 Å². The van der Waals surface area contributed by atoms with Crippen molar-refractivity contribution in [3.8, 4) is 0 Å². The molecule has 0 aromatic rings. The van der Waals surface area contributed by atoms with Crippen LogP contribution in [0.5, 0.6) is 0 Å². The second kappa shape index (κ2) is 18.6. The SMILES string of the molecule is CSCCC(NC(=O)C(CCC(=O)O)NC(=O)C(N)CCC(=O)O)C(=O)NC(CCCN=C(N)N)C(=O)O. The van der Waals surface area contributed by atoms with E-state index in [1.807, 2.05) is 0 Å². The predicted molar refractivity (Wildman–Crippen MR) is 138 cm³/mol. The summed E-state index contributed by atoms with van der Waals surface area (Å²) in [6, 6.07) is -5.15. The topological polar surface area (TPSA) is 290 Å². The first-order valence-electron chi connectivity index (χ1n) is 11.7. The molecule has 12 N–H and O–H groups in total. The van der Waals surface area contributed by atoms with Crippen molar-refractivity contribution in [3.05, 3.63) is 0 Å². The highest BCUT2D eigenvalue weighted by molar-refractivity contribution is 7.98. The van der Waals surface area contributed by atoms with Gasteiger partial charge in [-0.05, 0) is 44.1 Å². The van der Waals surface area contributed by atoms with E-state index in [-0.39, 0.29) is 44.6 Å². The minimum absolute atomic E-state index is 0.00652. The zero-order chi connectivity index (χ0) is 29.3. The number of nitrogens with zero attached hydrogens (tertiary/aromatic N) is 1. The number of hydrogen-bond donors (Lipinski definition) is 9. The largest absolute Gasteiger partial charge is 0.481 e. The molecule has 0 aliphatic heterocycles. The van der Waals surface area contributed by atoms with E-state index in [1.165, 1.54) is 11.8 Å². The minimum atomic E-state index is -1.39. The summed E-state index contributed by atoms with van der Waals surface area (Å²) in [5, 5.41) is 34.3. The molecule has 0 radical (unpaired) electrons. The number of rotatable bonds is 20. The van der Waals surface area contributed by atoms with E-state index in [2.05, 4.69) is 20.9 Å². The summed E-state index contributed by atoms with van der Waals surface area (Å²) in [7, 11) is 0. The van der Waals surface area contributed by atoms with Crippen LogP contribution in [0.2, 0.25) is 0 Å². The molecule has 0 saturated heterocycles. The number of nitrogens with one attached hydrogen (secondary N) is 3. The van der Waals surface area contributed by atoms with Gasteiger partial charge in [-0.1, -0.05) is 0 Å². The van der Waals surface area contributed by atoms with Gasteiger partial charge in [-0.15, -0.1) is 0 Å². The molecule has 0 aromatic heterocycles. The van der Waals surface area contributed by atoms with E-state index in [0.29, 0.717) is 5.75 Å². The lowest BCUT2D eigenvalue weighted by Crippen LogP contribution is -2.57. The molecular weight excluding hydrogens is 526 g/mol. The average Bonchev–Trinajstić information content (AvgIpc) is 2.83. The van der Waals surface area contributed by atoms with Gasteiger partial charge in [0.1, 0.15) is 18.1 Å². The Bertz CT molecular complexity index is 868. The van der Waals surface area contributed by atoms with Crippen LogP contribution in [0, 0.1) is 0 Å². The molecule has 0 spiro atoms. The third-order valence-electron chi connectivity index (χ3n) is 5.09. The van der Waals surface area contributed by atoms with Crippen molar-refractivity contribution in [1.29, 1.82) is 0 Å². The molecule has 0 aromatic carbocycles. The first kappa shape index (κ1) is 34.4. The van der Waals surface area contributed by atoms with Crippen LogP contribution in [0.3, 0.4) is 0 Å². The maximum absolute atomic E-state index is 13.0. The van der Waals surface area contributed by atoms with Gasteiger partial charge < -0.3 is 48.5 Å². The lowest BCUT2D eigenvalue weighted by Gasteiger charge is -2.25. The molecule has 0 aliphatic carbocycles. The number of carboxylic acid groups (broad SMARTS) is 3. The van der Waals surface area contributed by atoms with E-state index in [4.69, 9.17) is 27.4 Å². The Hall–Kier alpha value is -3.60. The molecule has 4 unspecified atom stereocenters. The number of thioether (sulfide) groups is 1. The minimum Gasteiger partial charge on any atom is -0.481 e. The van der Waals surface area contributed by atoms with Crippen molar-refractivity contribution in [3.63, 3.8) is 0 Å². The Balaban J connectivity index is 5.49. The second-order valence-electron chi connectivity index (χ2n) is 8.22. The maximum atomic E-state index is 13.0. The van der Waals surface area contributed by atoms with Gasteiger partial charge in [0.15, 0.2) is 5.96 Å². The van der Waals surface area contributed by atoms with Crippen LogP contribution in [0.1, 0.15) is 44.9 Å². The third-order valence-corrected chi connectivity index (χ3v) is 5.73. The van der Waals surface area contributed by atoms with Gasteiger partial charge >= 0.3 is 17.9 Å². The Kier molecular flexibility index (Phi) is 16.9. The zero-order valence-corrected chi connectivity index (χ0v) is 21.9. The predicted octanol–water partition coefficient (Wildman–Crippen LogP) is -2.61. The lowest BCUT2D eigenvalue weighted by molar-refractivity contribution is -0.142. The number of nitrogens with two attached hydrogens (primary N) is 3. The summed E-state index contributed by atoms with van der Waals surface area (Å²) in [5.74, 6) is -6.01. The zero-order valence-electron chi connectivity index (χ0n) is 21.1. The molecule has 0 saturated carbocycles. The number of carbonyl (C=O) groups excluding carboxylic acids is 3. The third kappa shape index (κ3) is 15.5. The smallest absolute Gasteiger partial charge is 0.326 e. The summed E-state index contributed by atoms with van der Waals surface area (Å²) in [6.45, 7) is 0.147. The van der Waals surface area contributed by atoms with Gasteiger partial charge in [-0.2, -0.15) is 11.8 Å². The van der Waals surface area contributed by atoms with E-state index < -0.39 is 72.6 Å².